The van der Waals surface area contributed by atoms with Crippen LogP contribution in [0.2, 0.25) is 0 Å². The maximum atomic E-state index is 3.77. The van der Waals surface area contributed by atoms with E-state index in [0.29, 0.717) is 11.5 Å². The molecule has 0 aromatic heterocycles. The SMILES string of the molecule is CCCN1CC(CC)CC(NCC(C)(C)C)C1. The summed E-state index contributed by atoms with van der Waals surface area (Å²) >= 11 is 0. The Morgan fingerprint density at radius 1 is 1.18 bits per heavy atom. The van der Waals surface area contributed by atoms with E-state index >= 15 is 0 Å². The zero-order valence-corrected chi connectivity index (χ0v) is 12.6. The first-order valence-corrected chi connectivity index (χ1v) is 7.40. The van der Waals surface area contributed by atoms with Gasteiger partial charge in [0.1, 0.15) is 0 Å². The monoisotopic (exact) mass is 240 g/mol. The summed E-state index contributed by atoms with van der Waals surface area (Å²) < 4.78 is 0. The zero-order chi connectivity index (χ0) is 12.9. The van der Waals surface area contributed by atoms with E-state index < -0.39 is 0 Å². The standard InChI is InChI=1S/C15H32N2/c1-6-8-17-10-13(7-2)9-14(11-17)16-12-15(3,4)5/h13-14,16H,6-12H2,1-5H3. The van der Waals surface area contributed by atoms with Gasteiger partial charge in [-0.15, -0.1) is 0 Å². The average Bonchev–Trinajstić information content (AvgIpc) is 2.25. The molecule has 0 amide bonds. The molecule has 1 fully saturated rings. The Kier molecular flexibility index (Phi) is 5.94. The molecule has 17 heavy (non-hydrogen) atoms. The summed E-state index contributed by atoms with van der Waals surface area (Å²) in [7, 11) is 0. The number of nitrogens with one attached hydrogen (secondary N) is 1. The van der Waals surface area contributed by atoms with Crippen LogP contribution in [0, 0.1) is 11.3 Å². The van der Waals surface area contributed by atoms with Gasteiger partial charge in [-0.3, -0.25) is 0 Å². The third-order valence-electron chi connectivity index (χ3n) is 3.65. The predicted molar refractivity (Wildman–Crippen MR) is 76.4 cm³/mol. The van der Waals surface area contributed by atoms with Crippen molar-refractivity contribution in [1.29, 1.82) is 0 Å². The highest BCUT2D eigenvalue weighted by molar-refractivity contribution is 4.84. The van der Waals surface area contributed by atoms with Crippen LogP contribution in [0.5, 0.6) is 0 Å². The molecule has 1 rings (SSSR count). The number of rotatable bonds is 5. The number of hydrogen-bond donors (Lipinski definition) is 1. The maximum absolute atomic E-state index is 3.77. The normalized spacial score (nSPS) is 27.4. The molecule has 2 nitrogen and oxygen atoms in total. The fourth-order valence-corrected chi connectivity index (χ4v) is 2.70. The Labute approximate surface area is 108 Å². The van der Waals surface area contributed by atoms with Crippen molar-refractivity contribution in [2.24, 2.45) is 11.3 Å². The lowest BCUT2D eigenvalue weighted by molar-refractivity contribution is 0.133. The molecule has 2 unspecified atom stereocenters. The number of nitrogens with zero attached hydrogens (tertiary/aromatic N) is 1. The van der Waals surface area contributed by atoms with Crippen LogP contribution in [-0.2, 0) is 0 Å². The van der Waals surface area contributed by atoms with Gasteiger partial charge in [0.25, 0.3) is 0 Å². The van der Waals surface area contributed by atoms with Gasteiger partial charge in [0, 0.05) is 25.7 Å². The van der Waals surface area contributed by atoms with Crippen LogP contribution in [0.4, 0.5) is 0 Å². The molecule has 0 spiro atoms. The second-order valence-electron chi connectivity index (χ2n) is 6.91. The first-order chi connectivity index (χ1) is 7.94. The van der Waals surface area contributed by atoms with Gasteiger partial charge < -0.3 is 10.2 Å². The Morgan fingerprint density at radius 2 is 1.88 bits per heavy atom. The molecule has 0 aromatic rings. The average molecular weight is 240 g/mol. The van der Waals surface area contributed by atoms with Gasteiger partial charge in [-0.2, -0.15) is 0 Å². The van der Waals surface area contributed by atoms with Gasteiger partial charge in [-0.25, -0.2) is 0 Å². The van der Waals surface area contributed by atoms with Crippen LogP contribution < -0.4 is 5.32 Å². The molecule has 1 saturated heterocycles. The number of piperidine rings is 1. The van der Waals surface area contributed by atoms with Crippen molar-refractivity contribution in [2.75, 3.05) is 26.2 Å². The van der Waals surface area contributed by atoms with Crippen LogP contribution in [0.25, 0.3) is 0 Å². The molecule has 0 aromatic carbocycles. The molecule has 2 atom stereocenters. The molecule has 0 radical (unpaired) electrons. The van der Waals surface area contributed by atoms with Crippen molar-refractivity contribution in [3.63, 3.8) is 0 Å². The minimum Gasteiger partial charge on any atom is -0.312 e. The molecule has 0 bridgehead atoms. The summed E-state index contributed by atoms with van der Waals surface area (Å²) in [5.41, 5.74) is 0.398. The Bertz CT molecular complexity index is 207. The van der Waals surface area contributed by atoms with Crippen molar-refractivity contribution in [3.05, 3.63) is 0 Å². The largest absolute Gasteiger partial charge is 0.312 e. The van der Waals surface area contributed by atoms with Crippen LogP contribution in [-0.4, -0.2) is 37.1 Å². The maximum Gasteiger partial charge on any atom is 0.0198 e. The second-order valence-corrected chi connectivity index (χ2v) is 6.91. The van der Waals surface area contributed by atoms with Crippen molar-refractivity contribution in [2.45, 2.75) is 59.9 Å². The third kappa shape index (κ3) is 5.87. The first-order valence-electron chi connectivity index (χ1n) is 7.40. The number of hydrogen-bond acceptors (Lipinski definition) is 2. The lowest BCUT2D eigenvalue weighted by atomic mass is 9.90. The lowest BCUT2D eigenvalue weighted by Crippen LogP contribution is -2.50. The van der Waals surface area contributed by atoms with Crippen LogP contribution >= 0.6 is 0 Å². The Morgan fingerprint density at radius 3 is 2.41 bits per heavy atom. The topological polar surface area (TPSA) is 15.3 Å². The van der Waals surface area contributed by atoms with E-state index in [0.717, 1.165) is 12.5 Å². The fraction of sp³-hybridized carbons (Fsp3) is 1.00. The molecule has 1 N–H and O–H groups in total. The van der Waals surface area contributed by atoms with E-state index in [-0.39, 0.29) is 0 Å². The molecule has 1 heterocycles. The van der Waals surface area contributed by atoms with Crippen molar-refractivity contribution in [3.8, 4) is 0 Å². The molecule has 1 aliphatic heterocycles. The molecule has 1 aliphatic rings. The highest BCUT2D eigenvalue weighted by Gasteiger charge is 2.26. The zero-order valence-electron chi connectivity index (χ0n) is 12.6. The van der Waals surface area contributed by atoms with Crippen molar-refractivity contribution < 1.29 is 0 Å². The molecule has 2 heteroatoms. The minimum absolute atomic E-state index is 0.398. The molecule has 0 saturated carbocycles. The minimum atomic E-state index is 0.398. The quantitative estimate of drug-likeness (QED) is 0.794. The fourth-order valence-electron chi connectivity index (χ4n) is 2.70. The summed E-state index contributed by atoms with van der Waals surface area (Å²) in [4.78, 5) is 2.65. The molecule has 102 valence electrons. The van der Waals surface area contributed by atoms with E-state index in [4.69, 9.17) is 0 Å². The van der Waals surface area contributed by atoms with E-state index in [1.54, 1.807) is 0 Å². The Balaban J connectivity index is 2.42. The van der Waals surface area contributed by atoms with E-state index in [1.807, 2.05) is 0 Å². The summed E-state index contributed by atoms with van der Waals surface area (Å²) in [5.74, 6) is 0.896. The summed E-state index contributed by atoms with van der Waals surface area (Å²) in [5, 5.41) is 3.77. The second kappa shape index (κ2) is 6.75. The van der Waals surface area contributed by atoms with Gasteiger partial charge in [0.2, 0.25) is 0 Å². The van der Waals surface area contributed by atoms with Crippen LogP contribution in [0.1, 0.15) is 53.9 Å². The smallest absolute Gasteiger partial charge is 0.0198 e. The third-order valence-corrected chi connectivity index (χ3v) is 3.65. The van der Waals surface area contributed by atoms with Gasteiger partial charge in [0.05, 0.1) is 0 Å². The number of likely N-dealkylation sites (tertiary alicyclic amines) is 1. The summed E-state index contributed by atoms with van der Waals surface area (Å²) in [6.45, 7) is 16.5. The van der Waals surface area contributed by atoms with E-state index in [1.165, 1.54) is 38.9 Å². The van der Waals surface area contributed by atoms with Crippen LogP contribution in [0.3, 0.4) is 0 Å². The van der Waals surface area contributed by atoms with Gasteiger partial charge >= 0.3 is 0 Å². The highest BCUT2D eigenvalue weighted by Crippen LogP contribution is 2.21. The van der Waals surface area contributed by atoms with Gasteiger partial charge in [-0.05, 0) is 30.7 Å². The molecule has 0 aliphatic carbocycles. The highest BCUT2D eigenvalue weighted by atomic mass is 15.2. The molecular formula is C15H32N2. The summed E-state index contributed by atoms with van der Waals surface area (Å²) in [6, 6.07) is 0.708. The lowest BCUT2D eigenvalue weighted by Gasteiger charge is -2.39. The Hall–Kier alpha value is -0.0800. The predicted octanol–water partition coefficient (Wildman–Crippen LogP) is 3.13. The summed E-state index contributed by atoms with van der Waals surface area (Å²) in [6.07, 6.45) is 3.98. The van der Waals surface area contributed by atoms with E-state index in [9.17, 15) is 0 Å². The molecular weight excluding hydrogens is 208 g/mol. The van der Waals surface area contributed by atoms with Crippen molar-refractivity contribution in [1.82, 2.24) is 10.2 Å². The van der Waals surface area contributed by atoms with Crippen molar-refractivity contribution >= 4 is 0 Å². The van der Waals surface area contributed by atoms with Gasteiger partial charge in [-0.1, -0.05) is 41.0 Å². The van der Waals surface area contributed by atoms with Gasteiger partial charge in [0.15, 0.2) is 0 Å². The first kappa shape index (κ1) is 15.0. The van der Waals surface area contributed by atoms with Crippen LogP contribution in [0.15, 0.2) is 0 Å². The van der Waals surface area contributed by atoms with E-state index in [2.05, 4.69) is 44.8 Å².